The number of esters is 1. The molecule has 0 bridgehead atoms. The van der Waals surface area contributed by atoms with Gasteiger partial charge in [0.2, 0.25) is 5.13 Å². The lowest BCUT2D eigenvalue weighted by molar-refractivity contribution is -0.152. The number of ether oxygens (including phenoxy) is 1. The molecule has 0 spiro atoms. The molecule has 0 unspecified atom stereocenters. The van der Waals surface area contributed by atoms with E-state index in [1.54, 1.807) is 6.92 Å². The number of nitrogens with zero attached hydrogens (tertiary/aromatic N) is 2. The van der Waals surface area contributed by atoms with Crippen LogP contribution >= 0.6 is 11.3 Å². The Morgan fingerprint density at radius 1 is 1.41 bits per heavy atom. The Morgan fingerprint density at radius 3 is 2.71 bits per heavy atom. The number of carbonyl (C=O) groups excluding carboxylic acids is 2. The average molecular weight is 257 g/mol. The number of carbonyl (C=O) groups is 2. The molecule has 0 aliphatic rings. The van der Waals surface area contributed by atoms with Crippen LogP contribution in [0.5, 0.6) is 0 Å². The summed E-state index contributed by atoms with van der Waals surface area (Å²) in [7, 11) is 0. The molecule has 1 aromatic rings. The summed E-state index contributed by atoms with van der Waals surface area (Å²) in [6.07, 6.45) is 0.799. The number of rotatable bonds is 4. The number of amides is 1. The number of nitrogens with one attached hydrogen (secondary N) is 1. The van der Waals surface area contributed by atoms with Gasteiger partial charge in [-0.1, -0.05) is 25.2 Å². The summed E-state index contributed by atoms with van der Waals surface area (Å²) in [6, 6.07) is 0. The van der Waals surface area contributed by atoms with Gasteiger partial charge in [-0.25, -0.2) is 4.79 Å². The first kappa shape index (κ1) is 13.6. The van der Waals surface area contributed by atoms with E-state index in [1.165, 1.54) is 11.3 Å². The third kappa shape index (κ3) is 4.48. The maximum atomic E-state index is 11.3. The molecule has 7 heteroatoms. The molecule has 0 aliphatic carbocycles. The van der Waals surface area contributed by atoms with Gasteiger partial charge >= 0.3 is 11.9 Å². The highest BCUT2D eigenvalue weighted by Crippen LogP contribution is 2.18. The molecule has 1 aromatic heterocycles. The van der Waals surface area contributed by atoms with Crippen LogP contribution in [0.4, 0.5) is 5.13 Å². The topological polar surface area (TPSA) is 81.2 Å². The Kier molecular flexibility index (Phi) is 5.02. The summed E-state index contributed by atoms with van der Waals surface area (Å²) in [4.78, 5) is 22.3. The van der Waals surface area contributed by atoms with Crippen LogP contribution in [0.3, 0.4) is 0 Å². The first-order chi connectivity index (χ1) is 8.02. The van der Waals surface area contributed by atoms with Gasteiger partial charge in [0.15, 0.2) is 0 Å². The zero-order valence-corrected chi connectivity index (χ0v) is 10.8. The van der Waals surface area contributed by atoms with Gasteiger partial charge in [-0.05, 0) is 12.8 Å². The number of hydrogen-bond donors (Lipinski definition) is 1. The molecular formula is C10H15N3O3S. The Balaban J connectivity index is 2.54. The van der Waals surface area contributed by atoms with Crippen molar-refractivity contribution in [3.63, 3.8) is 0 Å². The minimum Gasteiger partial charge on any atom is -0.459 e. The van der Waals surface area contributed by atoms with Crippen LogP contribution in [0.15, 0.2) is 0 Å². The zero-order valence-electron chi connectivity index (χ0n) is 10.0. The highest BCUT2D eigenvalue weighted by Gasteiger charge is 2.17. The van der Waals surface area contributed by atoms with Crippen molar-refractivity contribution < 1.29 is 14.3 Å². The van der Waals surface area contributed by atoms with Crippen LogP contribution in [0.25, 0.3) is 0 Å². The molecule has 94 valence electrons. The zero-order chi connectivity index (χ0) is 12.8. The highest BCUT2D eigenvalue weighted by atomic mass is 32.1. The Morgan fingerprint density at radius 2 is 2.12 bits per heavy atom. The van der Waals surface area contributed by atoms with Crippen molar-refractivity contribution in [1.29, 1.82) is 0 Å². The monoisotopic (exact) mass is 257 g/mol. The summed E-state index contributed by atoms with van der Waals surface area (Å²) >= 11 is 1.26. The highest BCUT2D eigenvalue weighted by molar-refractivity contribution is 7.15. The maximum Gasteiger partial charge on any atom is 0.397 e. The van der Waals surface area contributed by atoms with Gasteiger partial charge in [0, 0.05) is 6.42 Å². The summed E-state index contributed by atoms with van der Waals surface area (Å²) in [6.45, 7) is 5.94. The molecule has 0 aromatic carbocycles. The predicted molar refractivity (Wildman–Crippen MR) is 63.7 cm³/mol. The Labute approximate surface area is 103 Å². The van der Waals surface area contributed by atoms with E-state index in [4.69, 9.17) is 0 Å². The number of anilines is 1. The van der Waals surface area contributed by atoms with Gasteiger partial charge in [-0.3, -0.25) is 10.1 Å². The minimum atomic E-state index is -0.909. The molecule has 1 heterocycles. The van der Waals surface area contributed by atoms with Gasteiger partial charge in [-0.15, -0.1) is 10.2 Å². The Hall–Kier alpha value is -1.50. The van der Waals surface area contributed by atoms with Gasteiger partial charge < -0.3 is 4.74 Å². The molecule has 1 N–H and O–H groups in total. The molecule has 17 heavy (non-hydrogen) atoms. The van der Waals surface area contributed by atoms with Crippen molar-refractivity contribution in [2.45, 2.75) is 27.2 Å². The average Bonchev–Trinajstić information content (AvgIpc) is 2.64. The Bertz CT molecular complexity index is 403. The van der Waals surface area contributed by atoms with E-state index in [9.17, 15) is 9.59 Å². The maximum absolute atomic E-state index is 11.3. The smallest absolute Gasteiger partial charge is 0.397 e. The lowest BCUT2D eigenvalue weighted by atomic mass is 10.1. The van der Waals surface area contributed by atoms with E-state index in [1.807, 2.05) is 0 Å². The van der Waals surface area contributed by atoms with E-state index in [2.05, 4.69) is 34.1 Å². The van der Waals surface area contributed by atoms with Gasteiger partial charge in [0.1, 0.15) is 5.01 Å². The fraction of sp³-hybridized carbons (Fsp3) is 0.600. The second kappa shape index (κ2) is 6.29. The van der Waals surface area contributed by atoms with Crippen LogP contribution in [-0.2, 0) is 20.7 Å². The first-order valence-electron chi connectivity index (χ1n) is 5.33. The summed E-state index contributed by atoms with van der Waals surface area (Å²) in [5, 5.41) is 11.2. The van der Waals surface area contributed by atoms with E-state index in [-0.39, 0.29) is 6.61 Å². The molecular weight excluding hydrogens is 242 g/mol. The molecule has 0 saturated heterocycles. The molecule has 6 nitrogen and oxygen atoms in total. The van der Waals surface area contributed by atoms with Crippen LogP contribution in [0.1, 0.15) is 25.8 Å². The van der Waals surface area contributed by atoms with Crippen molar-refractivity contribution >= 4 is 28.3 Å². The fourth-order valence-electron chi connectivity index (χ4n) is 1.08. The van der Waals surface area contributed by atoms with Crippen LogP contribution < -0.4 is 5.32 Å². The van der Waals surface area contributed by atoms with Crippen molar-refractivity contribution in [1.82, 2.24) is 10.2 Å². The second-order valence-corrected chi connectivity index (χ2v) is 4.84. The third-order valence-corrected chi connectivity index (χ3v) is 2.59. The van der Waals surface area contributed by atoms with Crippen LogP contribution in [0.2, 0.25) is 0 Å². The quantitative estimate of drug-likeness (QED) is 0.648. The minimum absolute atomic E-state index is 0.168. The van der Waals surface area contributed by atoms with E-state index < -0.39 is 11.9 Å². The standard InChI is InChI=1S/C10H15N3O3S/c1-4-16-9(15)8(14)11-10-13-12-7(17-10)5-6(2)3/h6H,4-5H2,1-3H3,(H,11,13,14). The van der Waals surface area contributed by atoms with Crippen molar-refractivity contribution in [2.75, 3.05) is 11.9 Å². The normalized spacial score (nSPS) is 10.4. The molecule has 1 amide bonds. The largest absolute Gasteiger partial charge is 0.459 e. The number of hydrogen-bond acceptors (Lipinski definition) is 6. The fourth-order valence-corrected chi connectivity index (χ4v) is 2.03. The third-order valence-electron chi connectivity index (χ3n) is 1.73. The molecule has 1 rings (SSSR count). The van der Waals surface area contributed by atoms with Crippen molar-refractivity contribution in [3.05, 3.63) is 5.01 Å². The molecule has 0 radical (unpaired) electrons. The summed E-state index contributed by atoms with van der Waals surface area (Å²) in [5.74, 6) is -1.26. The number of aromatic nitrogens is 2. The SMILES string of the molecule is CCOC(=O)C(=O)Nc1nnc(CC(C)C)s1. The first-order valence-corrected chi connectivity index (χ1v) is 6.15. The molecule has 0 atom stereocenters. The summed E-state index contributed by atoms with van der Waals surface area (Å²) < 4.78 is 4.55. The second-order valence-electron chi connectivity index (χ2n) is 3.77. The summed E-state index contributed by atoms with van der Waals surface area (Å²) in [5.41, 5.74) is 0. The molecule has 0 aliphatic heterocycles. The molecule has 0 fully saturated rings. The van der Waals surface area contributed by atoms with Gasteiger partial charge in [0.25, 0.3) is 0 Å². The van der Waals surface area contributed by atoms with Crippen molar-refractivity contribution in [2.24, 2.45) is 5.92 Å². The van der Waals surface area contributed by atoms with Crippen molar-refractivity contribution in [3.8, 4) is 0 Å². The lowest BCUT2D eigenvalue weighted by Gasteiger charge is -2.00. The van der Waals surface area contributed by atoms with Crippen LogP contribution in [0, 0.1) is 5.92 Å². The van der Waals surface area contributed by atoms with E-state index in [0.29, 0.717) is 11.0 Å². The van der Waals surface area contributed by atoms with Gasteiger partial charge in [-0.2, -0.15) is 0 Å². The predicted octanol–water partition coefficient (Wildman–Crippen LogP) is 1.24. The van der Waals surface area contributed by atoms with E-state index in [0.717, 1.165) is 11.4 Å². The van der Waals surface area contributed by atoms with Gasteiger partial charge in [0.05, 0.1) is 6.61 Å². The van der Waals surface area contributed by atoms with Crippen LogP contribution in [-0.4, -0.2) is 28.7 Å². The van der Waals surface area contributed by atoms with E-state index >= 15 is 0 Å². The molecule has 0 saturated carbocycles. The lowest BCUT2D eigenvalue weighted by Crippen LogP contribution is -2.24.